The summed E-state index contributed by atoms with van der Waals surface area (Å²) in [5, 5.41) is 20.5. The number of carboxylic acid groups (broad SMARTS) is 1. The Labute approximate surface area is 121 Å². The molecule has 1 fully saturated rings. The highest BCUT2D eigenvalue weighted by atomic mass is 19.1. The van der Waals surface area contributed by atoms with E-state index in [0.29, 0.717) is 18.5 Å². The number of hydrogen-bond donors (Lipinski definition) is 2. The second-order valence-corrected chi connectivity index (χ2v) is 5.13. The summed E-state index contributed by atoms with van der Waals surface area (Å²) >= 11 is 0. The third-order valence-corrected chi connectivity index (χ3v) is 3.77. The third kappa shape index (κ3) is 3.37. The summed E-state index contributed by atoms with van der Waals surface area (Å²) in [5.41, 5.74) is 0.138. The smallest absolute Gasteiger partial charge is 0.307 e. The van der Waals surface area contributed by atoms with Crippen LogP contribution in [0.5, 0.6) is 0 Å². The van der Waals surface area contributed by atoms with Crippen molar-refractivity contribution in [2.45, 2.75) is 25.7 Å². The van der Waals surface area contributed by atoms with Crippen LogP contribution in [-0.2, 0) is 9.59 Å². The zero-order chi connectivity index (χ0) is 15.4. The van der Waals surface area contributed by atoms with Gasteiger partial charge in [-0.25, -0.2) is 4.39 Å². The molecular weight excluding hydrogens is 275 g/mol. The number of benzene rings is 1. The fraction of sp³-hybridized carbons (Fsp3) is 0.400. The number of nitriles is 1. The summed E-state index contributed by atoms with van der Waals surface area (Å²) in [7, 11) is 0. The number of aliphatic carboxylic acids is 1. The molecule has 1 aromatic rings. The fourth-order valence-corrected chi connectivity index (χ4v) is 2.66. The van der Waals surface area contributed by atoms with Gasteiger partial charge in [0.2, 0.25) is 5.91 Å². The van der Waals surface area contributed by atoms with E-state index in [1.54, 1.807) is 6.07 Å². The van der Waals surface area contributed by atoms with E-state index in [4.69, 9.17) is 10.4 Å². The van der Waals surface area contributed by atoms with Gasteiger partial charge >= 0.3 is 5.97 Å². The summed E-state index contributed by atoms with van der Waals surface area (Å²) in [6.07, 6.45) is 2.62. The third-order valence-electron chi connectivity index (χ3n) is 3.77. The van der Waals surface area contributed by atoms with Gasteiger partial charge in [0.25, 0.3) is 0 Å². The lowest BCUT2D eigenvalue weighted by Gasteiger charge is -2.27. The number of carbonyl (C=O) groups is 2. The Morgan fingerprint density at radius 1 is 1.29 bits per heavy atom. The molecule has 1 saturated carbocycles. The molecule has 0 saturated heterocycles. The Hall–Kier alpha value is -2.42. The number of halogens is 1. The molecule has 0 radical (unpaired) electrons. The molecule has 2 rings (SSSR count). The van der Waals surface area contributed by atoms with Crippen LogP contribution in [0.2, 0.25) is 0 Å². The first kappa shape index (κ1) is 15.0. The second kappa shape index (κ2) is 6.35. The maximum atomic E-state index is 13.2. The van der Waals surface area contributed by atoms with Crippen molar-refractivity contribution < 1.29 is 19.1 Å². The van der Waals surface area contributed by atoms with Gasteiger partial charge in [-0.05, 0) is 31.0 Å². The molecule has 2 unspecified atom stereocenters. The van der Waals surface area contributed by atoms with Crippen molar-refractivity contribution in [3.63, 3.8) is 0 Å². The van der Waals surface area contributed by atoms with Crippen molar-refractivity contribution in [3.05, 3.63) is 29.6 Å². The van der Waals surface area contributed by atoms with Gasteiger partial charge in [-0.2, -0.15) is 5.26 Å². The molecule has 1 aliphatic rings. The maximum Gasteiger partial charge on any atom is 0.307 e. The number of carboxylic acids is 1. The summed E-state index contributed by atoms with van der Waals surface area (Å²) in [5.74, 6) is -3.29. The van der Waals surface area contributed by atoms with Gasteiger partial charge in [-0.1, -0.05) is 12.8 Å². The number of carbonyl (C=O) groups excluding carboxylic acids is 1. The van der Waals surface area contributed by atoms with Gasteiger partial charge in [0.15, 0.2) is 0 Å². The first-order chi connectivity index (χ1) is 10.0. The maximum absolute atomic E-state index is 13.2. The number of rotatable bonds is 3. The first-order valence-corrected chi connectivity index (χ1v) is 6.76. The molecule has 0 bridgehead atoms. The number of nitrogens with one attached hydrogen (secondary N) is 1. The predicted octanol–water partition coefficient (Wildman–Crippen LogP) is 2.53. The lowest BCUT2D eigenvalue weighted by molar-refractivity contribution is -0.147. The van der Waals surface area contributed by atoms with Crippen LogP contribution in [-0.4, -0.2) is 17.0 Å². The van der Waals surface area contributed by atoms with E-state index >= 15 is 0 Å². The zero-order valence-corrected chi connectivity index (χ0v) is 11.3. The van der Waals surface area contributed by atoms with Gasteiger partial charge in [0.1, 0.15) is 11.9 Å². The van der Waals surface area contributed by atoms with Crippen LogP contribution in [0.1, 0.15) is 31.2 Å². The Morgan fingerprint density at radius 3 is 2.57 bits per heavy atom. The topological polar surface area (TPSA) is 90.2 Å². The number of amides is 1. The Balaban J connectivity index is 2.13. The van der Waals surface area contributed by atoms with Crippen molar-refractivity contribution in [1.29, 1.82) is 5.26 Å². The van der Waals surface area contributed by atoms with Gasteiger partial charge < -0.3 is 10.4 Å². The molecule has 0 aliphatic heterocycles. The van der Waals surface area contributed by atoms with Crippen LogP contribution in [0.15, 0.2) is 18.2 Å². The van der Waals surface area contributed by atoms with Crippen molar-refractivity contribution >= 4 is 17.6 Å². The van der Waals surface area contributed by atoms with Crippen LogP contribution in [0.3, 0.4) is 0 Å². The molecule has 1 amide bonds. The predicted molar refractivity (Wildman–Crippen MR) is 72.8 cm³/mol. The molecular formula is C15H15FN2O3. The largest absolute Gasteiger partial charge is 0.481 e. The van der Waals surface area contributed by atoms with Crippen LogP contribution < -0.4 is 5.32 Å². The zero-order valence-electron chi connectivity index (χ0n) is 11.3. The number of nitrogens with zero attached hydrogens (tertiary/aromatic N) is 1. The van der Waals surface area contributed by atoms with Crippen LogP contribution >= 0.6 is 0 Å². The Morgan fingerprint density at radius 2 is 1.95 bits per heavy atom. The molecule has 2 N–H and O–H groups in total. The molecule has 0 heterocycles. The summed E-state index contributed by atoms with van der Waals surface area (Å²) in [6.45, 7) is 0. The van der Waals surface area contributed by atoms with Crippen LogP contribution in [0.25, 0.3) is 0 Å². The van der Waals surface area contributed by atoms with Gasteiger partial charge in [0, 0.05) is 5.69 Å². The highest BCUT2D eigenvalue weighted by molar-refractivity contribution is 5.95. The Bertz CT molecular complexity index is 609. The quantitative estimate of drug-likeness (QED) is 0.895. The van der Waals surface area contributed by atoms with Crippen molar-refractivity contribution in [2.24, 2.45) is 11.8 Å². The van der Waals surface area contributed by atoms with Crippen molar-refractivity contribution in [3.8, 4) is 6.07 Å². The molecule has 110 valence electrons. The summed E-state index contributed by atoms with van der Waals surface area (Å²) < 4.78 is 13.2. The molecule has 6 heteroatoms. The normalized spacial score (nSPS) is 21.3. The molecule has 0 spiro atoms. The molecule has 1 aliphatic carbocycles. The Kier molecular flexibility index (Phi) is 4.53. The summed E-state index contributed by atoms with van der Waals surface area (Å²) in [4.78, 5) is 23.4. The minimum Gasteiger partial charge on any atom is -0.481 e. The SMILES string of the molecule is N#Cc1cc(NC(=O)C2CCCCC2C(=O)O)ccc1F. The van der Waals surface area contributed by atoms with Crippen LogP contribution in [0.4, 0.5) is 10.1 Å². The average Bonchev–Trinajstić information content (AvgIpc) is 2.49. The molecule has 1 aromatic carbocycles. The lowest BCUT2D eigenvalue weighted by Crippen LogP contribution is -2.36. The molecule has 2 atom stereocenters. The van der Waals surface area contributed by atoms with Crippen molar-refractivity contribution in [2.75, 3.05) is 5.32 Å². The first-order valence-electron chi connectivity index (χ1n) is 6.76. The van der Waals surface area contributed by atoms with Gasteiger partial charge in [-0.15, -0.1) is 0 Å². The van der Waals surface area contributed by atoms with E-state index in [0.717, 1.165) is 18.9 Å². The highest BCUT2D eigenvalue weighted by Gasteiger charge is 2.35. The lowest BCUT2D eigenvalue weighted by atomic mass is 9.78. The average molecular weight is 290 g/mol. The summed E-state index contributed by atoms with van der Waals surface area (Å²) in [6, 6.07) is 5.39. The second-order valence-electron chi connectivity index (χ2n) is 5.13. The number of hydrogen-bond acceptors (Lipinski definition) is 3. The minimum absolute atomic E-state index is 0.161. The fourth-order valence-electron chi connectivity index (χ4n) is 2.66. The van der Waals surface area contributed by atoms with E-state index in [1.165, 1.54) is 12.1 Å². The van der Waals surface area contributed by atoms with Crippen molar-refractivity contribution in [1.82, 2.24) is 0 Å². The van der Waals surface area contributed by atoms with E-state index in [9.17, 15) is 14.0 Å². The van der Waals surface area contributed by atoms with Crippen LogP contribution in [0, 0.1) is 29.0 Å². The van der Waals surface area contributed by atoms with E-state index in [-0.39, 0.29) is 5.56 Å². The monoisotopic (exact) mass is 290 g/mol. The van der Waals surface area contributed by atoms with E-state index < -0.39 is 29.5 Å². The van der Waals surface area contributed by atoms with E-state index in [1.807, 2.05) is 0 Å². The van der Waals surface area contributed by atoms with E-state index in [2.05, 4.69) is 5.32 Å². The molecule has 0 aromatic heterocycles. The van der Waals surface area contributed by atoms with Gasteiger partial charge in [-0.3, -0.25) is 9.59 Å². The minimum atomic E-state index is -0.966. The highest BCUT2D eigenvalue weighted by Crippen LogP contribution is 2.31. The van der Waals surface area contributed by atoms with Gasteiger partial charge in [0.05, 0.1) is 17.4 Å². The molecule has 21 heavy (non-hydrogen) atoms. The molecule has 5 nitrogen and oxygen atoms in total. The standard InChI is InChI=1S/C15H15FN2O3/c16-13-6-5-10(7-9(13)8-17)18-14(19)11-3-1-2-4-12(11)15(20)21/h5-7,11-12H,1-4H2,(H,18,19)(H,20,21). The number of anilines is 1.